The Morgan fingerprint density at radius 2 is 2.37 bits per heavy atom. The molecule has 5 heteroatoms. The standard InChI is InChI=1S/C14H16N2OS2/c15-7-9-2-1-3-11(9)16-14(17)13-6-10-8-18-5-4-12(10)19-13/h6,9,11H,1-5,8H2,(H,16,17). The summed E-state index contributed by atoms with van der Waals surface area (Å²) in [5.41, 5.74) is 1.33. The maximum atomic E-state index is 12.3. The van der Waals surface area contributed by atoms with Crippen LogP contribution in [0.15, 0.2) is 6.07 Å². The zero-order chi connectivity index (χ0) is 13.2. The summed E-state index contributed by atoms with van der Waals surface area (Å²) in [6, 6.07) is 4.39. The molecule has 19 heavy (non-hydrogen) atoms. The fourth-order valence-corrected chi connectivity index (χ4v) is 5.06. The van der Waals surface area contributed by atoms with Gasteiger partial charge in [0, 0.05) is 16.7 Å². The first-order valence-corrected chi connectivity index (χ1v) is 8.65. The number of hydrogen-bond donors (Lipinski definition) is 1. The number of rotatable bonds is 2. The van der Waals surface area contributed by atoms with Crippen LogP contribution in [0.5, 0.6) is 0 Å². The third kappa shape index (κ3) is 2.65. The summed E-state index contributed by atoms with van der Waals surface area (Å²) >= 11 is 3.56. The van der Waals surface area contributed by atoms with Crippen molar-refractivity contribution in [3.8, 4) is 6.07 Å². The predicted molar refractivity (Wildman–Crippen MR) is 78.4 cm³/mol. The van der Waals surface area contributed by atoms with Crippen LogP contribution in [0.2, 0.25) is 0 Å². The van der Waals surface area contributed by atoms with E-state index in [9.17, 15) is 4.79 Å². The molecule has 0 spiro atoms. The highest BCUT2D eigenvalue weighted by molar-refractivity contribution is 7.98. The minimum Gasteiger partial charge on any atom is -0.347 e. The molecule has 3 rings (SSSR count). The van der Waals surface area contributed by atoms with E-state index in [0.29, 0.717) is 0 Å². The van der Waals surface area contributed by atoms with E-state index >= 15 is 0 Å². The van der Waals surface area contributed by atoms with Gasteiger partial charge < -0.3 is 5.32 Å². The van der Waals surface area contributed by atoms with Crippen LogP contribution in [0, 0.1) is 17.2 Å². The van der Waals surface area contributed by atoms with Crippen LogP contribution in [-0.4, -0.2) is 17.7 Å². The highest BCUT2D eigenvalue weighted by atomic mass is 32.2. The second-order valence-electron chi connectivity index (χ2n) is 5.11. The van der Waals surface area contributed by atoms with Gasteiger partial charge in [0.05, 0.1) is 16.9 Å². The van der Waals surface area contributed by atoms with E-state index in [1.54, 1.807) is 11.3 Å². The first kappa shape index (κ1) is 13.0. The summed E-state index contributed by atoms with van der Waals surface area (Å²) in [6.45, 7) is 0. The van der Waals surface area contributed by atoms with E-state index < -0.39 is 0 Å². The Morgan fingerprint density at radius 1 is 1.47 bits per heavy atom. The molecule has 1 aliphatic heterocycles. The Labute approximate surface area is 121 Å². The molecule has 2 heterocycles. The number of hydrogen-bond acceptors (Lipinski definition) is 4. The summed E-state index contributed by atoms with van der Waals surface area (Å²) in [7, 11) is 0. The minimum absolute atomic E-state index is 0.00547. The van der Waals surface area contributed by atoms with Crippen molar-refractivity contribution < 1.29 is 4.79 Å². The fraction of sp³-hybridized carbons (Fsp3) is 0.571. The summed E-state index contributed by atoms with van der Waals surface area (Å²) in [5, 5.41) is 12.1. The van der Waals surface area contributed by atoms with E-state index in [2.05, 4.69) is 11.4 Å². The zero-order valence-corrected chi connectivity index (χ0v) is 12.3. The molecule has 1 aromatic heterocycles. The van der Waals surface area contributed by atoms with Gasteiger partial charge in [-0.3, -0.25) is 4.79 Å². The van der Waals surface area contributed by atoms with Crippen LogP contribution in [0.3, 0.4) is 0 Å². The van der Waals surface area contributed by atoms with E-state index in [4.69, 9.17) is 5.26 Å². The second kappa shape index (κ2) is 5.56. The van der Waals surface area contributed by atoms with Crippen LogP contribution >= 0.6 is 23.1 Å². The van der Waals surface area contributed by atoms with Crippen molar-refractivity contribution in [1.82, 2.24) is 5.32 Å². The number of thiophene rings is 1. The molecule has 100 valence electrons. The lowest BCUT2D eigenvalue weighted by molar-refractivity contribution is 0.0937. The number of nitriles is 1. The van der Waals surface area contributed by atoms with E-state index in [1.165, 1.54) is 10.4 Å². The monoisotopic (exact) mass is 292 g/mol. The van der Waals surface area contributed by atoms with Crippen LogP contribution in [0.1, 0.15) is 39.4 Å². The first-order chi connectivity index (χ1) is 9.28. The van der Waals surface area contributed by atoms with Crippen LogP contribution in [0.25, 0.3) is 0 Å². The SMILES string of the molecule is N#CC1CCCC1NC(=O)c1cc2c(s1)CCSC2. The molecule has 0 bridgehead atoms. The van der Waals surface area contributed by atoms with E-state index in [1.807, 2.05) is 17.8 Å². The molecule has 2 atom stereocenters. The largest absolute Gasteiger partial charge is 0.347 e. The number of nitrogens with zero attached hydrogens (tertiary/aromatic N) is 1. The molecular formula is C14H16N2OS2. The normalized spacial score (nSPS) is 25.6. The maximum Gasteiger partial charge on any atom is 0.261 e. The zero-order valence-electron chi connectivity index (χ0n) is 10.6. The van der Waals surface area contributed by atoms with Crippen molar-refractivity contribution in [1.29, 1.82) is 5.26 Å². The van der Waals surface area contributed by atoms with Gasteiger partial charge in [0.15, 0.2) is 0 Å². The fourth-order valence-electron chi connectivity index (χ4n) is 2.79. The topological polar surface area (TPSA) is 52.9 Å². The average Bonchev–Trinajstić information content (AvgIpc) is 3.03. The lowest BCUT2D eigenvalue weighted by Gasteiger charge is -2.14. The van der Waals surface area contributed by atoms with Gasteiger partial charge in [-0.15, -0.1) is 11.3 Å². The van der Waals surface area contributed by atoms with Crippen LogP contribution < -0.4 is 5.32 Å². The minimum atomic E-state index is -0.00547. The van der Waals surface area contributed by atoms with Gasteiger partial charge in [0.2, 0.25) is 0 Å². The molecule has 2 aliphatic rings. The van der Waals surface area contributed by atoms with Gasteiger partial charge in [-0.05, 0) is 43.1 Å². The molecule has 1 N–H and O–H groups in total. The summed E-state index contributed by atoms with van der Waals surface area (Å²) in [4.78, 5) is 14.4. The Kier molecular flexibility index (Phi) is 3.81. The van der Waals surface area contributed by atoms with Crippen LogP contribution in [0.4, 0.5) is 0 Å². The summed E-state index contributed by atoms with van der Waals surface area (Å²) in [6.07, 6.45) is 3.98. The molecule has 0 saturated heterocycles. The molecule has 0 aromatic carbocycles. The highest BCUT2D eigenvalue weighted by Gasteiger charge is 2.29. The third-order valence-electron chi connectivity index (χ3n) is 3.85. The quantitative estimate of drug-likeness (QED) is 0.911. The average molecular weight is 292 g/mol. The number of thioether (sulfide) groups is 1. The van der Waals surface area contributed by atoms with Gasteiger partial charge in [0.1, 0.15) is 0 Å². The Morgan fingerprint density at radius 3 is 3.16 bits per heavy atom. The summed E-state index contributed by atoms with van der Waals surface area (Å²) < 4.78 is 0. The van der Waals surface area contributed by atoms with Crippen molar-refractivity contribution in [2.24, 2.45) is 5.92 Å². The van der Waals surface area contributed by atoms with Crippen molar-refractivity contribution in [2.75, 3.05) is 5.75 Å². The van der Waals surface area contributed by atoms with E-state index in [-0.39, 0.29) is 17.9 Å². The molecule has 2 unspecified atom stereocenters. The third-order valence-corrected chi connectivity index (χ3v) is 6.09. The lowest BCUT2D eigenvalue weighted by Crippen LogP contribution is -2.36. The highest BCUT2D eigenvalue weighted by Crippen LogP contribution is 2.32. The number of carbonyl (C=O) groups excluding carboxylic acids is 1. The van der Waals surface area contributed by atoms with Gasteiger partial charge in [-0.2, -0.15) is 17.0 Å². The predicted octanol–water partition coefficient (Wildman–Crippen LogP) is 2.96. The summed E-state index contributed by atoms with van der Waals surface area (Å²) in [5.74, 6) is 2.20. The van der Waals surface area contributed by atoms with Crippen molar-refractivity contribution >= 4 is 29.0 Å². The number of amides is 1. The van der Waals surface area contributed by atoms with Crippen molar-refractivity contribution in [2.45, 2.75) is 37.5 Å². The molecule has 1 aromatic rings. The Hall–Kier alpha value is -0.990. The van der Waals surface area contributed by atoms with Crippen LogP contribution in [-0.2, 0) is 12.2 Å². The molecule has 1 amide bonds. The first-order valence-electron chi connectivity index (χ1n) is 6.67. The maximum absolute atomic E-state index is 12.3. The number of carbonyl (C=O) groups is 1. The van der Waals surface area contributed by atoms with Gasteiger partial charge in [-0.25, -0.2) is 0 Å². The molecular weight excluding hydrogens is 276 g/mol. The Balaban J connectivity index is 1.70. The van der Waals surface area contributed by atoms with Gasteiger partial charge in [-0.1, -0.05) is 0 Å². The second-order valence-corrected chi connectivity index (χ2v) is 7.35. The van der Waals surface area contributed by atoms with E-state index in [0.717, 1.165) is 42.1 Å². The number of aryl methyl sites for hydroxylation is 1. The molecule has 3 nitrogen and oxygen atoms in total. The molecule has 1 saturated carbocycles. The molecule has 1 aliphatic carbocycles. The lowest BCUT2D eigenvalue weighted by atomic mass is 10.1. The number of nitrogens with one attached hydrogen (secondary N) is 1. The smallest absolute Gasteiger partial charge is 0.261 e. The number of fused-ring (bicyclic) bond motifs is 1. The molecule has 1 fully saturated rings. The molecule has 0 radical (unpaired) electrons. The van der Waals surface area contributed by atoms with Crippen molar-refractivity contribution in [3.05, 3.63) is 21.4 Å². The van der Waals surface area contributed by atoms with Gasteiger partial charge >= 0.3 is 0 Å². The van der Waals surface area contributed by atoms with Crippen molar-refractivity contribution in [3.63, 3.8) is 0 Å². The van der Waals surface area contributed by atoms with Gasteiger partial charge in [0.25, 0.3) is 5.91 Å². The Bertz CT molecular complexity index is 509.